The van der Waals surface area contributed by atoms with Crippen LogP contribution >= 0.6 is 23.1 Å². The number of carbonyl (C=O) groups is 1. The summed E-state index contributed by atoms with van der Waals surface area (Å²) in [7, 11) is 0. The maximum atomic E-state index is 10.5. The summed E-state index contributed by atoms with van der Waals surface area (Å²) in [4.78, 5) is 10.5. The molecule has 0 aliphatic rings. The SMILES string of the molecule is CSc1sc2ccccc2[n+]1CCCCCC(=O)O. The summed E-state index contributed by atoms with van der Waals surface area (Å²) in [5.41, 5.74) is 1.29. The van der Waals surface area contributed by atoms with Crippen molar-refractivity contribution in [1.29, 1.82) is 0 Å². The molecule has 19 heavy (non-hydrogen) atoms. The maximum absolute atomic E-state index is 10.5. The van der Waals surface area contributed by atoms with Crippen LogP contribution in [0.2, 0.25) is 0 Å². The average Bonchev–Trinajstić information content (AvgIpc) is 2.76. The van der Waals surface area contributed by atoms with E-state index in [0.717, 1.165) is 25.8 Å². The molecule has 1 aromatic carbocycles. The third-order valence-corrected chi connectivity index (χ3v) is 5.30. The van der Waals surface area contributed by atoms with Crippen molar-refractivity contribution in [2.24, 2.45) is 0 Å². The van der Waals surface area contributed by atoms with Gasteiger partial charge in [-0.25, -0.2) is 0 Å². The molecule has 0 amide bonds. The number of carboxylic acids is 1. The Morgan fingerprint density at radius 1 is 1.32 bits per heavy atom. The van der Waals surface area contributed by atoms with Crippen LogP contribution in [-0.2, 0) is 11.3 Å². The van der Waals surface area contributed by atoms with Gasteiger partial charge in [0, 0.05) is 18.9 Å². The van der Waals surface area contributed by atoms with Gasteiger partial charge in [0.25, 0.3) is 4.34 Å². The van der Waals surface area contributed by atoms with Gasteiger partial charge < -0.3 is 5.11 Å². The number of aliphatic carboxylic acids is 1. The number of thiazole rings is 1. The molecule has 0 fully saturated rings. The zero-order chi connectivity index (χ0) is 13.7. The van der Waals surface area contributed by atoms with Crippen LogP contribution in [-0.4, -0.2) is 17.3 Å². The molecule has 1 heterocycles. The quantitative estimate of drug-likeness (QED) is 0.482. The molecule has 0 spiro atoms. The average molecular weight is 296 g/mol. The fourth-order valence-corrected chi connectivity index (χ4v) is 4.03. The third-order valence-electron chi connectivity index (χ3n) is 3.02. The maximum Gasteiger partial charge on any atom is 0.303 e. The number of benzene rings is 1. The summed E-state index contributed by atoms with van der Waals surface area (Å²) in [5, 5.41) is 8.61. The van der Waals surface area contributed by atoms with Gasteiger partial charge in [-0.2, -0.15) is 4.57 Å². The van der Waals surface area contributed by atoms with Crippen LogP contribution in [0.3, 0.4) is 0 Å². The van der Waals surface area contributed by atoms with E-state index in [2.05, 4.69) is 35.1 Å². The number of nitrogens with zero attached hydrogens (tertiary/aromatic N) is 1. The Kier molecular flexibility index (Phi) is 5.22. The first-order chi connectivity index (χ1) is 9.22. The van der Waals surface area contributed by atoms with Gasteiger partial charge in [-0.3, -0.25) is 4.79 Å². The number of hydrogen-bond donors (Lipinski definition) is 1. The van der Waals surface area contributed by atoms with E-state index in [4.69, 9.17) is 5.11 Å². The second kappa shape index (κ2) is 6.91. The van der Waals surface area contributed by atoms with Crippen molar-refractivity contribution < 1.29 is 14.5 Å². The molecule has 0 saturated heterocycles. The van der Waals surface area contributed by atoms with Crippen molar-refractivity contribution in [2.45, 2.75) is 36.6 Å². The van der Waals surface area contributed by atoms with Crippen LogP contribution in [0.1, 0.15) is 25.7 Å². The number of para-hydroxylation sites is 1. The van der Waals surface area contributed by atoms with Crippen LogP contribution in [0.5, 0.6) is 0 Å². The number of rotatable bonds is 7. The minimum Gasteiger partial charge on any atom is -0.481 e. The Balaban J connectivity index is 2.01. The van der Waals surface area contributed by atoms with Gasteiger partial charge in [-0.05, 0) is 36.9 Å². The summed E-state index contributed by atoms with van der Waals surface area (Å²) < 4.78 is 4.99. The number of thioether (sulfide) groups is 1. The highest BCUT2D eigenvalue weighted by Crippen LogP contribution is 2.26. The molecule has 0 aliphatic heterocycles. The topological polar surface area (TPSA) is 41.2 Å². The fourth-order valence-electron chi connectivity index (χ4n) is 2.10. The molecule has 3 nitrogen and oxygen atoms in total. The Hall–Kier alpha value is -1.07. The van der Waals surface area contributed by atoms with E-state index in [9.17, 15) is 4.79 Å². The van der Waals surface area contributed by atoms with Crippen molar-refractivity contribution in [3.05, 3.63) is 24.3 Å². The number of aromatic nitrogens is 1. The minimum atomic E-state index is -0.696. The van der Waals surface area contributed by atoms with Crippen molar-refractivity contribution in [1.82, 2.24) is 0 Å². The second-order valence-corrected chi connectivity index (χ2v) is 6.48. The molecule has 2 aromatic rings. The molecule has 1 aromatic heterocycles. The lowest BCUT2D eigenvalue weighted by atomic mass is 10.2. The summed E-state index contributed by atoms with van der Waals surface area (Å²) in [5.74, 6) is -0.696. The Labute approximate surface area is 121 Å². The van der Waals surface area contributed by atoms with Gasteiger partial charge in [0.2, 0.25) is 5.52 Å². The van der Waals surface area contributed by atoms with Crippen LogP contribution in [0.4, 0.5) is 0 Å². The van der Waals surface area contributed by atoms with Crippen LogP contribution in [0.15, 0.2) is 28.6 Å². The van der Waals surface area contributed by atoms with Gasteiger partial charge in [0.1, 0.15) is 4.70 Å². The molecular formula is C14H18NO2S2+. The molecule has 2 rings (SSSR count). The Bertz CT molecular complexity index is 566. The number of hydrogen-bond acceptors (Lipinski definition) is 3. The highest BCUT2D eigenvalue weighted by molar-refractivity contribution is 8.00. The van der Waals surface area contributed by atoms with Gasteiger partial charge in [0.15, 0.2) is 6.54 Å². The number of aryl methyl sites for hydroxylation is 1. The summed E-state index contributed by atoms with van der Waals surface area (Å²) in [6.45, 7) is 0.972. The van der Waals surface area contributed by atoms with E-state index in [1.54, 1.807) is 11.8 Å². The molecule has 102 valence electrons. The zero-order valence-electron chi connectivity index (χ0n) is 11.0. The van der Waals surface area contributed by atoms with E-state index < -0.39 is 5.97 Å². The van der Waals surface area contributed by atoms with E-state index in [1.165, 1.54) is 14.6 Å². The first-order valence-corrected chi connectivity index (χ1v) is 8.43. The fraction of sp³-hybridized carbons (Fsp3) is 0.429. The largest absolute Gasteiger partial charge is 0.481 e. The molecule has 0 saturated carbocycles. The van der Waals surface area contributed by atoms with Crippen molar-refractivity contribution in [3.63, 3.8) is 0 Å². The summed E-state index contributed by atoms with van der Waals surface area (Å²) >= 11 is 3.60. The van der Waals surface area contributed by atoms with Crippen LogP contribution in [0.25, 0.3) is 10.2 Å². The van der Waals surface area contributed by atoms with E-state index >= 15 is 0 Å². The predicted octanol–water partition coefficient (Wildman–Crippen LogP) is 3.56. The number of fused-ring (bicyclic) bond motifs is 1. The second-order valence-electron chi connectivity index (χ2n) is 4.40. The lowest BCUT2D eigenvalue weighted by Crippen LogP contribution is -2.34. The lowest BCUT2D eigenvalue weighted by molar-refractivity contribution is -0.702. The molecule has 1 N–H and O–H groups in total. The van der Waals surface area contributed by atoms with Gasteiger partial charge >= 0.3 is 5.97 Å². The molecule has 0 aliphatic carbocycles. The zero-order valence-corrected chi connectivity index (χ0v) is 12.6. The van der Waals surface area contributed by atoms with Crippen molar-refractivity contribution in [2.75, 3.05) is 6.26 Å². The Morgan fingerprint density at radius 2 is 2.11 bits per heavy atom. The van der Waals surface area contributed by atoms with Crippen molar-refractivity contribution in [3.8, 4) is 0 Å². The molecule has 0 radical (unpaired) electrons. The normalized spacial score (nSPS) is 11.0. The monoisotopic (exact) mass is 296 g/mol. The number of carboxylic acid groups (broad SMARTS) is 1. The van der Waals surface area contributed by atoms with Crippen molar-refractivity contribution >= 4 is 39.3 Å². The molecule has 0 atom stereocenters. The number of unbranched alkanes of at least 4 members (excludes halogenated alkanes) is 2. The standard InChI is InChI=1S/C14H17NO2S2/c1-18-14-15(10-6-2-3-9-13(16)17)11-7-4-5-8-12(11)19-14/h4-5,7-8H,2-3,6,9-10H2,1H3/p+1. The van der Waals surface area contributed by atoms with E-state index in [1.807, 2.05) is 11.3 Å². The minimum absolute atomic E-state index is 0.282. The molecule has 0 bridgehead atoms. The molecular weight excluding hydrogens is 278 g/mol. The third kappa shape index (κ3) is 3.70. The summed E-state index contributed by atoms with van der Waals surface area (Å²) in [6.07, 6.45) is 5.16. The van der Waals surface area contributed by atoms with E-state index in [-0.39, 0.29) is 6.42 Å². The lowest BCUT2D eigenvalue weighted by Gasteiger charge is -1.98. The molecule has 5 heteroatoms. The van der Waals surface area contributed by atoms with Gasteiger partial charge in [0.05, 0.1) is 0 Å². The van der Waals surface area contributed by atoms with E-state index in [0.29, 0.717) is 0 Å². The molecule has 0 unspecified atom stereocenters. The van der Waals surface area contributed by atoms with Crippen LogP contribution in [0, 0.1) is 0 Å². The first-order valence-electron chi connectivity index (χ1n) is 6.39. The highest BCUT2D eigenvalue weighted by Gasteiger charge is 2.18. The Morgan fingerprint density at radius 3 is 2.84 bits per heavy atom. The summed E-state index contributed by atoms with van der Waals surface area (Å²) in [6, 6.07) is 8.45. The predicted molar refractivity (Wildman–Crippen MR) is 79.9 cm³/mol. The first kappa shape index (κ1) is 14.3. The van der Waals surface area contributed by atoms with Crippen LogP contribution < -0.4 is 4.57 Å². The smallest absolute Gasteiger partial charge is 0.303 e. The highest BCUT2D eigenvalue weighted by atomic mass is 32.2. The van der Waals surface area contributed by atoms with Gasteiger partial charge in [-0.15, -0.1) is 0 Å². The van der Waals surface area contributed by atoms with Gasteiger partial charge in [-0.1, -0.05) is 23.5 Å².